The van der Waals surface area contributed by atoms with E-state index in [2.05, 4.69) is 93.4 Å². The van der Waals surface area contributed by atoms with E-state index in [0.29, 0.717) is 15.2 Å². The Balaban J connectivity index is 2.00. The molecule has 0 spiro atoms. The van der Waals surface area contributed by atoms with Crippen molar-refractivity contribution in [3.05, 3.63) is 94.5 Å². The van der Waals surface area contributed by atoms with Gasteiger partial charge in [-0.05, 0) is 42.3 Å². The van der Waals surface area contributed by atoms with Gasteiger partial charge in [-0.25, -0.2) is 0 Å². The van der Waals surface area contributed by atoms with Crippen molar-refractivity contribution in [2.24, 2.45) is 4.99 Å². The van der Waals surface area contributed by atoms with Crippen LogP contribution in [0.3, 0.4) is 0 Å². The highest BCUT2D eigenvalue weighted by molar-refractivity contribution is 7.48. The van der Waals surface area contributed by atoms with Gasteiger partial charge in [-0.1, -0.05) is 94.7 Å². The minimum absolute atomic E-state index is 0.0134. The summed E-state index contributed by atoms with van der Waals surface area (Å²) < 4.78 is 6.45. The van der Waals surface area contributed by atoms with Crippen molar-refractivity contribution < 1.29 is 4.74 Å². The smallest absolute Gasteiger partial charge is 0.126 e. The quantitative estimate of drug-likeness (QED) is 0.300. The third kappa shape index (κ3) is 5.18. The van der Waals surface area contributed by atoms with Crippen molar-refractivity contribution in [3.63, 3.8) is 0 Å². The third-order valence-corrected chi connectivity index (χ3v) is 7.49. The normalized spacial score (nSPS) is 13.8. The van der Waals surface area contributed by atoms with Crippen LogP contribution in [0.15, 0.2) is 71.7 Å². The van der Waals surface area contributed by atoms with Crippen LogP contribution in [0.1, 0.15) is 48.1 Å². The molecule has 3 heteroatoms. The van der Waals surface area contributed by atoms with E-state index < -0.39 is 0 Å². The highest BCUT2D eigenvalue weighted by Gasteiger charge is 2.30. The highest BCUT2D eigenvalue weighted by atomic mass is 31.1. The maximum absolute atomic E-state index is 6.45. The van der Waals surface area contributed by atoms with Crippen molar-refractivity contribution in [1.82, 2.24) is 0 Å². The Morgan fingerprint density at radius 3 is 2.40 bits per heavy atom. The molecule has 0 aliphatic carbocycles. The van der Waals surface area contributed by atoms with Crippen LogP contribution in [0.4, 0.5) is 0 Å². The second-order valence-corrected chi connectivity index (χ2v) is 9.91. The molecule has 3 aromatic rings. The molecule has 0 bridgehead atoms. The van der Waals surface area contributed by atoms with Crippen molar-refractivity contribution in [2.75, 3.05) is 7.05 Å². The number of ether oxygens (including phenoxy) is 1. The molecule has 0 saturated carbocycles. The molecule has 3 rings (SSSR count). The Labute approximate surface area is 183 Å². The van der Waals surface area contributed by atoms with Crippen LogP contribution >= 0.6 is 8.58 Å². The maximum atomic E-state index is 6.45. The first-order valence-corrected chi connectivity index (χ1v) is 11.5. The standard InChI is InChI=1S/C27H32NOP/c1-6-27(4,30-25-15-11-10-14-23(25)18-28-5)24-17-20(2)16-21(3)26(24)29-19-22-12-8-7-9-13-22/h7-18,30H,6,19H2,1-5H3. The number of aryl methyl sites for hydroxylation is 2. The number of hydrogen-bond donors (Lipinski definition) is 0. The fourth-order valence-corrected chi connectivity index (χ4v) is 5.35. The first kappa shape index (κ1) is 22.2. The Bertz CT molecular complexity index is 1010. The average Bonchev–Trinajstić information content (AvgIpc) is 2.75. The molecule has 2 unspecified atom stereocenters. The minimum atomic E-state index is -0.0134. The van der Waals surface area contributed by atoms with E-state index >= 15 is 0 Å². The Hall–Kier alpha value is -2.44. The van der Waals surface area contributed by atoms with Crippen molar-refractivity contribution >= 4 is 20.1 Å². The number of aliphatic imine (C=N–C) groups is 1. The molecule has 2 nitrogen and oxygen atoms in total. The van der Waals surface area contributed by atoms with Crippen LogP contribution in [0, 0.1) is 13.8 Å². The lowest BCUT2D eigenvalue weighted by Gasteiger charge is -2.32. The molecule has 0 radical (unpaired) electrons. The predicted molar refractivity (Wildman–Crippen MR) is 132 cm³/mol. The van der Waals surface area contributed by atoms with Gasteiger partial charge < -0.3 is 4.74 Å². The summed E-state index contributed by atoms with van der Waals surface area (Å²) in [5.41, 5.74) is 6.18. The molecule has 30 heavy (non-hydrogen) atoms. The van der Waals surface area contributed by atoms with E-state index in [-0.39, 0.29) is 5.16 Å². The first-order valence-electron chi connectivity index (χ1n) is 10.5. The lowest BCUT2D eigenvalue weighted by atomic mass is 9.92. The Morgan fingerprint density at radius 2 is 1.70 bits per heavy atom. The van der Waals surface area contributed by atoms with E-state index in [1.54, 1.807) is 0 Å². The van der Waals surface area contributed by atoms with Gasteiger partial charge in [0, 0.05) is 24.0 Å². The topological polar surface area (TPSA) is 21.6 Å². The lowest BCUT2D eigenvalue weighted by molar-refractivity contribution is 0.297. The van der Waals surface area contributed by atoms with Crippen LogP contribution < -0.4 is 10.0 Å². The van der Waals surface area contributed by atoms with Crippen molar-refractivity contribution in [2.45, 2.75) is 45.9 Å². The summed E-state index contributed by atoms with van der Waals surface area (Å²) in [6.07, 6.45) is 3.00. The van der Waals surface area contributed by atoms with E-state index in [4.69, 9.17) is 4.74 Å². The zero-order chi connectivity index (χ0) is 21.6. The van der Waals surface area contributed by atoms with Gasteiger partial charge in [-0.2, -0.15) is 0 Å². The summed E-state index contributed by atoms with van der Waals surface area (Å²) in [6.45, 7) is 9.57. The molecule has 0 aliphatic rings. The molecular formula is C27H32NOP. The van der Waals surface area contributed by atoms with Gasteiger partial charge in [0.05, 0.1) is 0 Å². The summed E-state index contributed by atoms with van der Waals surface area (Å²) >= 11 is 0. The van der Waals surface area contributed by atoms with Crippen LogP contribution in [-0.4, -0.2) is 13.3 Å². The molecule has 0 saturated heterocycles. The van der Waals surface area contributed by atoms with Crippen LogP contribution in [0.25, 0.3) is 0 Å². The summed E-state index contributed by atoms with van der Waals surface area (Å²) in [7, 11) is 2.46. The molecule has 0 aromatic heterocycles. The fraction of sp³-hybridized carbons (Fsp3) is 0.296. The van der Waals surface area contributed by atoms with E-state index in [9.17, 15) is 0 Å². The molecule has 0 N–H and O–H groups in total. The SMILES string of the molecule is CCC(C)(Pc1ccccc1C=NC)c1cc(C)cc(C)c1OCc1ccccc1. The zero-order valence-electron chi connectivity index (χ0n) is 18.7. The summed E-state index contributed by atoms with van der Waals surface area (Å²) in [5, 5.41) is 1.33. The Kier molecular flexibility index (Phi) is 7.45. The van der Waals surface area contributed by atoms with Gasteiger partial charge in [-0.3, -0.25) is 4.99 Å². The second kappa shape index (κ2) is 10.0. The number of benzene rings is 3. The largest absolute Gasteiger partial charge is 0.488 e. The van der Waals surface area contributed by atoms with E-state index in [0.717, 1.165) is 12.2 Å². The number of nitrogens with zero attached hydrogens (tertiary/aromatic N) is 1. The minimum Gasteiger partial charge on any atom is -0.488 e. The fourth-order valence-electron chi connectivity index (χ4n) is 3.79. The molecular weight excluding hydrogens is 385 g/mol. The van der Waals surface area contributed by atoms with Crippen LogP contribution in [0.5, 0.6) is 5.75 Å². The monoisotopic (exact) mass is 417 g/mol. The highest BCUT2D eigenvalue weighted by Crippen LogP contribution is 2.48. The number of rotatable bonds is 8. The van der Waals surface area contributed by atoms with E-state index in [1.807, 2.05) is 19.3 Å². The Morgan fingerprint density at radius 1 is 1.00 bits per heavy atom. The van der Waals surface area contributed by atoms with Gasteiger partial charge in [-0.15, -0.1) is 0 Å². The molecule has 0 heterocycles. The number of hydrogen-bond acceptors (Lipinski definition) is 2. The van der Waals surface area contributed by atoms with Gasteiger partial charge >= 0.3 is 0 Å². The van der Waals surface area contributed by atoms with Gasteiger partial charge in [0.1, 0.15) is 12.4 Å². The van der Waals surface area contributed by atoms with E-state index in [1.165, 1.54) is 33.1 Å². The van der Waals surface area contributed by atoms with Crippen LogP contribution in [0.2, 0.25) is 0 Å². The van der Waals surface area contributed by atoms with Gasteiger partial charge in [0.15, 0.2) is 0 Å². The molecule has 0 aliphatic heterocycles. The van der Waals surface area contributed by atoms with Gasteiger partial charge in [0.25, 0.3) is 0 Å². The molecule has 0 fully saturated rings. The van der Waals surface area contributed by atoms with Crippen molar-refractivity contribution in [1.29, 1.82) is 0 Å². The summed E-state index contributed by atoms with van der Waals surface area (Å²) in [5.74, 6) is 1.03. The zero-order valence-corrected chi connectivity index (χ0v) is 19.7. The van der Waals surface area contributed by atoms with Crippen molar-refractivity contribution in [3.8, 4) is 5.75 Å². The average molecular weight is 418 g/mol. The molecule has 2 atom stereocenters. The molecule has 156 valence electrons. The van der Waals surface area contributed by atoms with Gasteiger partial charge in [0.2, 0.25) is 0 Å². The molecule has 0 amide bonds. The molecule has 3 aromatic carbocycles. The lowest BCUT2D eigenvalue weighted by Crippen LogP contribution is -2.21. The maximum Gasteiger partial charge on any atom is 0.126 e. The summed E-state index contributed by atoms with van der Waals surface area (Å²) in [4.78, 5) is 4.26. The predicted octanol–water partition coefficient (Wildman–Crippen LogP) is 6.56. The third-order valence-electron chi connectivity index (χ3n) is 5.59. The summed E-state index contributed by atoms with van der Waals surface area (Å²) in [6, 6.07) is 23.5. The second-order valence-electron chi connectivity index (χ2n) is 8.02. The first-order chi connectivity index (χ1) is 14.5. The van der Waals surface area contributed by atoms with Crippen LogP contribution in [-0.2, 0) is 11.8 Å².